The van der Waals surface area contributed by atoms with Crippen LogP contribution in [-0.2, 0) is 44.6 Å². The third-order valence-electron chi connectivity index (χ3n) is 12.6. The van der Waals surface area contributed by atoms with Crippen molar-refractivity contribution < 1.29 is 51.9 Å². The minimum absolute atomic E-state index is 0.0838. The van der Waals surface area contributed by atoms with Crippen LogP contribution in [0.1, 0.15) is 74.7 Å². The van der Waals surface area contributed by atoms with E-state index in [1.54, 1.807) is 64.6 Å². The first-order valence-electron chi connectivity index (χ1n) is 21.2. The molecule has 3 saturated heterocycles. The second kappa shape index (κ2) is 21.6. The summed E-state index contributed by atoms with van der Waals surface area (Å²) in [6.07, 6.45) is 2.52. The van der Waals surface area contributed by atoms with Gasteiger partial charge in [0.25, 0.3) is 0 Å². The van der Waals surface area contributed by atoms with Crippen molar-refractivity contribution in [2.75, 3.05) is 39.7 Å². The number of halogens is 1. The highest BCUT2D eigenvalue weighted by Crippen LogP contribution is 2.43. The number of rotatable bonds is 10. The number of ether oxygens (including phenoxy) is 5. The summed E-state index contributed by atoms with van der Waals surface area (Å²) in [6, 6.07) is 6.20. The molecule has 18 heteroatoms. The van der Waals surface area contributed by atoms with E-state index >= 15 is 0 Å². The smallest absolute Gasteiger partial charge is 0.411 e. The van der Waals surface area contributed by atoms with Crippen LogP contribution in [0, 0.1) is 23.7 Å². The standard InChI is InChI=1S/C43H64N6O10.CH3FS/c1-12-33-43(8)37(49(41(54)59-43)19-14-13-18-48-23-31(45-46-48)29-16-15-17-30(44)21-29)26(4)34(50)24(2)22-42(7,55-11)38(27(5)35(51)28(6)39(53)57-33)58-40-36(52)32(47(9)10)20-25(3)56-40;1-3-2/h13-17,21,23-28,32-33,36-38,40,52H,12,18-20,22,44H2,1-11H3;1H3/b14-13+;/t24-,25?,26+,27+,28-,32?,33-,36?,37-,38-,40+,42-,43-;/m1./s1. The number of methoxy groups -OCH3 is 1. The molecule has 0 radical (unpaired) electrons. The number of hydrogen-bond donors (Lipinski definition) is 2. The molecule has 3 aliphatic rings. The number of aromatic nitrogens is 3. The Bertz CT molecular complexity index is 1890. The van der Waals surface area contributed by atoms with Crippen LogP contribution in [0.4, 0.5) is 14.4 Å². The van der Waals surface area contributed by atoms with Crippen LogP contribution in [0.5, 0.6) is 0 Å². The van der Waals surface area contributed by atoms with Crippen molar-refractivity contribution in [3.05, 3.63) is 42.6 Å². The topological polar surface area (TPSA) is 198 Å². The van der Waals surface area contributed by atoms with E-state index in [9.17, 15) is 28.2 Å². The molecule has 3 N–H and O–H groups in total. The summed E-state index contributed by atoms with van der Waals surface area (Å²) in [5.74, 6) is -5.15. The van der Waals surface area contributed by atoms with E-state index in [0.717, 1.165) is 5.56 Å². The van der Waals surface area contributed by atoms with Gasteiger partial charge in [-0.05, 0) is 73.2 Å². The highest BCUT2D eigenvalue weighted by Gasteiger charge is 2.60. The van der Waals surface area contributed by atoms with Gasteiger partial charge in [0, 0.05) is 67.1 Å². The number of benzene rings is 1. The zero-order valence-electron chi connectivity index (χ0n) is 38.1. The summed E-state index contributed by atoms with van der Waals surface area (Å²) in [5, 5.41) is 19.9. The molecule has 16 nitrogen and oxygen atoms in total. The molecule has 0 saturated carbocycles. The first-order valence-corrected chi connectivity index (χ1v) is 22.3. The normalized spacial score (nSPS) is 35.0. The molecular formula is C44H67FN6O10S. The van der Waals surface area contributed by atoms with Gasteiger partial charge in [-0.2, -0.15) is 3.89 Å². The number of fused-ring (bicyclic) bond motifs is 1. The SMILES string of the molecule is CC[C@H]1OC(=O)[C@H](C)C(=O)[C@H](C)[C@@H](O[C@@H]2OC(C)CC(N(C)C)C2O)[C@](C)(OC)C[C@@H](C)C(=O)[C@H](C)[C@H]2N(C/C=C/Cn3cc(-c4cccc(N)c4)nn3)C(=O)O[C@]12C.CSF. The maximum absolute atomic E-state index is 14.7. The summed E-state index contributed by atoms with van der Waals surface area (Å²) in [6.45, 7) is 14.2. The number of anilines is 1. The lowest BCUT2D eigenvalue weighted by atomic mass is 9.73. The zero-order valence-corrected chi connectivity index (χ0v) is 39.0. The van der Waals surface area contributed by atoms with Crippen molar-refractivity contribution in [1.82, 2.24) is 24.8 Å². The number of nitrogen functional groups attached to an aromatic ring is 1. The summed E-state index contributed by atoms with van der Waals surface area (Å²) >= 11 is 0.250. The average Bonchev–Trinajstić information content (AvgIpc) is 3.81. The number of carbonyl (C=O) groups excluding carboxylic acids is 4. The van der Waals surface area contributed by atoms with Gasteiger partial charge in [-0.15, -0.1) is 5.10 Å². The molecule has 1 amide bonds. The Morgan fingerprint density at radius 3 is 2.34 bits per heavy atom. The summed E-state index contributed by atoms with van der Waals surface area (Å²) in [4.78, 5) is 60.2. The summed E-state index contributed by atoms with van der Waals surface area (Å²) in [7, 11) is 5.21. The highest BCUT2D eigenvalue weighted by atomic mass is 32.2. The van der Waals surface area contributed by atoms with Gasteiger partial charge in [-0.25, -0.2) is 9.48 Å². The number of nitrogens with two attached hydrogens (primary N) is 1. The number of ketones is 2. The molecule has 13 atom stereocenters. The maximum atomic E-state index is 14.7. The molecule has 3 aliphatic heterocycles. The lowest BCUT2D eigenvalue weighted by molar-refractivity contribution is -0.295. The number of Topliss-reactive ketones (excluding diaryl/α,β-unsaturated/α-hetero) is 2. The number of amides is 1. The minimum atomic E-state index is -1.45. The van der Waals surface area contributed by atoms with E-state index in [2.05, 4.69) is 10.3 Å². The van der Waals surface area contributed by atoms with Crippen molar-refractivity contribution in [3.8, 4) is 11.3 Å². The van der Waals surface area contributed by atoms with Crippen LogP contribution < -0.4 is 5.73 Å². The number of nitrogens with zero attached hydrogens (tertiary/aromatic N) is 5. The first-order chi connectivity index (χ1) is 29.2. The molecule has 3 fully saturated rings. The van der Waals surface area contributed by atoms with E-state index in [1.807, 2.05) is 50.2 Å². The Morgan fingerprint density at radius 2 is 1.73 bits per heavy atom. The van der Waals surface area contributed by atoms with Crippen LogP contribution in [0.15, 0.2) is 42.6 Å². The van der Waals surface area contributed by atoms with Crippen LogP contribution in [0.25, 0.3) is 11.3 Å². The summed E-state index contributed by atoms with van der Waals surface area (Å²) in [5.41, 5.74) is 5.30. The maximum Gasteiger partial charge on any atom is 0.411 e. The number of esters is 1. The molecule has 1 aromatic heterocycles. The molecule has 3 unspecified atom stereocenters. The van der Waals surface area contributed by atoms with Gasteiger partial charge in [0.1, 0.15) is 29.6 Å². The predicted octanol–water partition coefficient (Wildman–Crippen LogP) is 5.52. The number of cyclic esters (lactones) is 1. The third-order valence-corrected chi connectivity index (χ3v) is 12.6. The zero-order chi connectivity index (χ0) is 46.3. The van der Waals surface area contributed by atoms with Crippen LogP contribution >= 0.6 is 12.1 Å². The molecule has 5 rings (SSSR count). The van der Waals surface area contributed by atoms with Crippen LogP contribution in [0.3, 0.4) is 0 Å². The van der Waals surface area contributed by atoms with Gasteiger partial charge >= 0.3 is 12.1 Å². The van der Waals surface area contributed by atoms with Crippen molar-refractivity contribution in [1.29, 1.82) is 0 Å². The lowest BCUT2D eigenvalue weighted by Gasteiger charge is -2.47. The molecule has 62 heavy (non-hydrogen) atoms. The number of aliphatic hydroxyl groups is 1. The molecule has 0 aliphatic carbocycles. The quantitative estimate of drug-likeness (QED) is 0.131. The van der Waals surface area contributed by atoms with Crippen molar-refractivity contribution >= 4 is 41.5 Å². The molecule has 4 heterocycles. The minimum Gasteiger partial charge on any atom is -0.458 e. The summed E-state index contributed by atoms with van der Waals surface area (Å²) < 4.78 is 43.0. The Labute approximate surface area is 369 Å². The van der Waals surface area contributed by atoms with Crippen molar-refractivity contribution in [2.45, 2.75) is 135 Å². The van der Waals surface area contributed by atoms with Gasteiger partial charge < -0.3 is 39.4 Å². The number of carbonyl (C=O) groups is 4. The molecular weight excluding hydrogens is 824 g/mol. The molecule has 0 spiro atoms. The van der Waals surface area contributed by atoms with E-state index in [4.69, 9.17) is 29.4 Å². The Balaban J connectivity index is 0.00000273. The number of likely N-dealkylation sites (N-methyl/N-ethyl adjacent to an activating group) is 1. The fourth-order valence-corrected chi connectivity index (χ4v) is 9.26. The Kier molecular flexibility index (Phi) is 17.7. The van der Waals surface area contributed by atoms with Crippen LogP contribution in [0.2, 0.25) is 0 Å². The van der Waals surface area contributed by atoms with E-state index < -0.39 is 83.4 Å². The van der Waals surface area contributed by atoms with Gasteiger partial charge in [-0.3, -0.25) is 19.3 Å². The van der Waals surface area contributed by atoms with Gasteiger partial charge in [-0.1, -0.05) is 57.2 Å². The third kappa shape index (κ3) is 11.2. The van der Waals surface area contributed by atoms with Gasteiger partial charge in [0.05, 0.1) is 36.6 Å². The molecule has 1 aromatic carbocycles. The first kappa shape index (κ1) is 50.7. The Hall–Kier alpha value is -3.94. The molecule has 2 aromatic rings. The van der Waals surface area contributed by atoms with E-state index in [-0.39, 0.29) is 49.5 Å². The van der Waals surface area contributed by atoms with E-state index in [0.29, 0.717) is 24.3 Å². The van der Waals surface area contributed by atoms with Crippen molar-refractivity contribution in [3.63, 3.8) is 0 Å². The predicted molar refractivity (Wildman–Crippen MR) is 233 cm³/mol. The van der Waals surface area contributed by atoms with Crippen LogP contribution in [-0.4, -0.2) is 142 Å². The van der Waals surface area contributed by atoms with Gasteiger partial charge in [0.2, 0.25) is 0 Å². The number of aliphatic hydroxyl groups excluding tert-OH is 1. The van der Waals surface area contributed by atoms with Gasteiger partial charge in [0.15, 0.2) is 17.7 Å². The van der Waals surface area contributed by atoms with Crippen molar-refractivity contribution in [2.24, 2.45) is 23.7 Å². The fraction of sp³-hybridized carbons (Fsp3) is 0.682. The lowest BCUT2D eigenvalue weighted by Crippen LogP contribution is -2.60. The second-order valence-corrected chi connectivity index (χ2v) is 17.7. The highest BCUT2D eigenvalue weighted by molar-refractivity contribution is 7.93. The fourth-order valence-electron chi connectivity index (χ4n) is 9.26. The molecule has 346 valence electrons. The monoisotopic (exact) mass is 890 g/mol. The second-order valence-electron chi connectivity index (χ2n) is 17.4. The van der Waals surface area contributed by atoms with E-state index in [1.165, 1.54) is 25.2 Å². The largest absolute Gasteiger partial charge is 0.458 e. The average molecular weight is 891 g/mol. The molecule has 0 bridgehead atoms. The Morgan fingerprint density at radius 1 is 1.06 bits per heavy atom. The number of allylic oxidation sites excluding steroid dienone is 1. The number of hydrogen-bond acceptors (Lipinski definition) is 15.